The van der Waals surface area contributed by atoms with E-state index in [4.69, 9.17) is 9.84 Å². The Labute approximate surface area is 119 Å². The summed E-state index contributed by atoms with van der Waals surface area (Å²) in [6.45, 7) is 3.58. The summed E-state index contributed by atoms with van der Waals surface area (Å²) in [4.78, 5) is 4.23. The lowest BCUT2D eigenvalue weighted by molar-refractivity contribution is 0.298. The van der Waals surface area contributed by atoms with Crippen LogP contribution in [0.2, 0.25) is 0 Å². The minimum absolute atomic E-state index is 0.171. The largest absolute Gasteiger partial charge is 0.489 e. The molecular formula is C16H20N2O2. The zero-order chi connectivity index (χ0) is 14.2. The first-order valence-corrected chi connectivity index (χ1v) is 6.83. The van der Waals surface area contributed by atoms with Gasteiger partial charge in [-0.2, -0.15) is 0 Å². The third-order valence-electron chi connectivity index (χ3n) is 2.91. The highest BCUT2D eigenvalue weighted by Crippen LogP contribution is 2.15. The second-order valence-corrected chi connectivity index (χ2v) is 4.49. The van der Waals surface area contributed by atoms with E-state index in [0.29, 0.717) is 13.0 Å². The van der Waals surface area contributed by atoms with Crippen molar-refractivity contribution >= 4 is 5.82 Å². The maximum absolute atomic E-state index is 8.87. The number of hydrogen-bond donors (Lipinski definition) is 2. The molecule has 2 aromatic rings. The number of rotatable bonds is 7. The molecular weight excluding hydrogens is 252 g/mol. The minimum atomic E-state index is 0.171. The van der Waals surface area contributed by atoms with Crippen LogP contribution in [0.15, 0.2) is 42.6 Å². The molecule has 0 radical (unpaired) electrons. The van der Waals surface area contributed by atoms with Crippen LogP contribution >= 0.6 is 0 Å². The van der Waals surface area contributed by atoms with Crippen molar-refractivity contribution in [1.82, 2.24) is 4.98 Å². The van der Waals surface area contributed by atoms with Gasteiger partial charge in [0, 0.05) is 19.3 Å². The zero-order valence-corrected chi connectivity index (χ0v) is 11.7. The van der Waals surface area contributed by atoms with Crippen molar-refractivity contribution in [2.24, 2.45) is 0 Å². The molecule has 20 heavy (non-hydrogen) atoms. The third-order valence-corrected chi connectivity index (χ3v) is 2.91. The van der Waals surface area contributed by atoms with Gasteiger partial charge in [0.05, 0.1) is 0 Å². The van der Waals surface area contributed by atoms with E-state index in [9.17, 15) is 0 Å². The number of aliphatic hydroxyl groups is 1. The van der Waals surface area contributed by atoms with Crippen molar-refractivity contribution in [3.05, 3.63) is 53.7 Å². The third kappa shape index (κ3) is 4.24. The minimum Gasteiger partial charge on any atom is -0.489 e. The predicted octanol–water partition coefficient (Wildman–Crippen LogP) is 2.63. The van der Waals surface area contributed by atoms with E-state index in [0.717, 1.165) is 29.2 Å². The van der Waals surface area contributed by atoms with E-state index in [1.54, 1.807) is 6.20 Å². The lowest BCUT2D eigenvalue weighted by atomic mass is 10.1. The van der Waals surface area contributed by atoms with Gasteiger partial charge >= 0.3 is 0 Å². The molecule has 0 unspecified atom stereocenters. The molecule has 1 heterocycles. The fraction of sp³-hybridized carbons (Fsp3) is 0.312. The molecule has 0 aliphatic heterocycles. The second-order valence-electron chi connectivity index (χ2n) is 4.49. The van der Waals surface area contributed by atoms with Gasteiger partial charge < -0.3 is 15.2 Å². The van der Waals surface area contributed by atoms with E-state index in [1.807, 2.05) is 43.3 Å². The van der Waals surface area contributed by atoms with Gasteiger partial charge in [0.2, 0.25) is 0 Å². The summed E-state index contributed by atoms with van der Waals surface area (Å²) in [6, 6.07) is 11.7. The number of hydrogen-bond acceptors (Lipinski definition) is 4. The highest BCUT2D eigenvalue weighted by Gasteiger charge is 1.99. The number of benzene rings is 1. The average molecular weight is 272 g/mol. The molecule has 1 aromatic carbocycles. The topological polar surface area (TPSA) is 54.4 Å². The maximum Gasteiger partial charge on any atom is 0.126 e. The Hall–Kier alpha value is -2.07. The van der Waals surface area contributed by atoms with Crippen molar-refractivity contribution in [3.8, 4) is 5.75 Å². The molecule has 0 spiro atoms. The summed E-state index contributed by atoms with van der Waals surface area (Å²) in [6.07, 6.45) is 2.46. The summed E-state index contributed by atoms with van der Waals surface area (Å²) in [7, 11) is 0. The molecule has 0 saturated heterocycles. The molecule has 0 aliphatic rings. The molecule has 4 heteroatoms. The summed E-state index contributed by atoms with van der Waals surface area (Å²) in [5.41, 5.74) is 2.19. The molecule has 2 N–H and O–H groups in total. The monoisotopic (exact) mass is 272 g/mol. The van der Waals surface area contributed by atoms with E-state index in [-0.39, 0.29) is 6.61 Å². The number of nitrogens with zero attached hydrogens (tertiary/aromatic N) is 1. The first-order chi connectivity index (χ1) is 9.81. The van der Waals surface area contributed by atoms with Crippen LogP contribution in [0.25, 0.3) is 0 Å². The van der Waals surface area contributed by atoms with Gasteiger partial charge in [0.25, 0.3) is 0 Å². The van der Waals surface area contributed by atoms with Crippen LogP contribution in [-0.2, 0) is 13.0 Å². The summed E-state index contributed by atoms with van der Waals surface area (Å²) < 4.78 is 5.74. The number of ether oxygens (including phenoxy) is 1. The number of aromatic nitrogens is 1. The second kappa shape index (κ2) is 7.50. The number of anilines is 1. The Morgan fingerprint density at radius 2 is 1.95 bits per heavy atom. The SMILES string of the molecule is CCNc1cc(COc2ccc(CCO)cc2)ccn1. The average Bonchev–Trinajstić information content (AvgIpc) is 2.48. The molecule has 0 bridgehead atoms. The lowest BCUT2D eigenvalue weighted by Crippen LogP contribution is -2.01. The van der Waals surface area contributed by atoms with Crippen LogP contribution in [-0.4, -0.2) is 23.2 Å². The maximum atomic E-state index is 8.87. The quantitative estimate of drug-likeness (QED) is 0.813. The van der Waals surface area contributed by atoms with Crippen molar-refractivity contribution in [1.29, 1.82) is 0 Å². The van der Waals surface area contributed by atoms with Crippen LogP contribution in [0.4, 0.5) is 5.82 Å². The normalized spacial score (nSPS) is 10.3. The van der Waals surface area contributed by atoms with Gasteiger partial charge in [-0.05, 0) is 48.7 Å². The number of aliphatic hydroxyl groups excluding tert-OH is 1. The van der Waals surface area contributed by atoms with E-state index in [1.165, 1.54) is 0 Å². The molecule has 0 amide bonds. The van der Waals surface area contributed by atoms with Crippen molar-refractivity contribution in [3.63, 3.8) is 0 Å². The van der Waals surface area contributed by atoms with E-state index < -0.39 is 0 Å². The first-order valence-electron chi connectivity index (χ1n) is 6.83. The Morgan fingerprint density at radius 1 is 1.15 bits per heavy atom. The van der Waals surface area contributed by atoms with Crippen LogP contribution in [0, 0.1) is 0 Å². The highest BCUT2D eigenvalue weighted by atomic mass is 16.5. The molecule has 0 aliphatic carbocycles. The lowest BCUT2D eigenvalue weighted by Gasteiger charge is -2.08. The fourth-order valence-corrected chi connectivity index (χ4v) is 1.89. The number of pyridine rings is 1. The highest BCUT2D eigenvalue weighted by molar-refractivity contribution is 5.37. The van der Waals surface area contributed by atoms with Crippen molar-refractivity contribution < 1.29 is 9.84 Å². The Balaban J connectivity index is 1.92. The molecule has 0 atom stereocenters. The summed E-state index contributed by atoms with van der Waals surface area (Å²) in [5, 5.41) is 12.0. The van der Waals surface area contributed by atoms with Crippen LogP contribution in [0.5, 0.6) is 5.75 Å². The Kier molecular flexibility index (Phi) is 5.38. The zero-order valence-electron chi connectivity index (χ0n) is 11.7. The predicted molar refractivity (Wildman–Crippen MR) is 80.0 cm³/mol. The molecule has 106 valence electrons. The van der Waals surface area contributed by atoms with Gasteiger partial charge in [-0.1, -0.05) is 12.1 Å². The smallest absolute Gasteiger partial charge is 0.126 e. The van der Waals surface area contributed by atoms with Gasteiger partial charge in [0.15, 0.2) is 0 Å². The van der Waals surface area contributed by atoms with Crippen LogP contribution in [0.1, 0.15) is 18.1 Å². The van der Waals surface area contributed by atoms with Crippen molar-refractivity contribution in [2.45, 2.75) is 20.0 Å². The van der Waals surface area contributed by atoms with Gasteiger partial charge in [-0.3, -0.25) is 0 Å². The number of nitrogens with one attached hydrogen (secondary N) is 1. The molecule has 0 fully saturated rings. The Bertz CT molecular complexity index is 526. The van der Waals surface area contributed by atoms with Crippen LogP contribution < -0.4 is 10.1 Å². The summed E-state index contributed by atoms with van der Waals surface area (Å²) >= 11 is 0. The first kappa shape index (κ1) is 14.3. The van der Waals surface area contributed by atoms with E-state index >= 15 is 0 Å². The molecule has 2 rings (SSSR count). The Morgan fingerprint density at radius 3 is 2.65 bits per heavy atom. The van der Waals surface area contributed by atoms with Crippen molar-refractivity contribution in [2.75, 3.05) is 18.5 Å². The van der Waals surface area contributed by atoms with Crippen LogP contribution in [0.3, 0.4) is 0 Å². The standard InChI is InChI=1S/C16H20N2O2/c1-2-17-16-11-14(7-9-18-16)12-20-15-5-3-13(4-6-15)8-10-19/h3-7,9,11,19H,2,8,10,12H2,1H3,(H,17,18). The molecule has 4 nitrogen and oxygen atoms in total. The van der Waals surface area contributed by atoms with E-state index in [2.05, 4.69) is 10.3 Å². The molecule has 1 aromatic heterocycles. The van der Waals surface area contributed by atoms with Gasteiger partial charge in [-0.25, -0.2) is 4.98 Å². The van der Waals surface area contributed by atoms with Gasteiger partial charge in [-0.15, -0.1) is 0 Å². The molecule has 0 saturated carbocycles. The van der Waals surface area contributed by atoms with Gasteiger partial charge in [0.1, 0.15) is 18.2 Å². The summed E-state index contributed by atoms with van der Waals surface area (Å²) in [5.74, 6) is 1.69. The fourth-order valence-electron chi connectivity index (χ4n) is 1.89.